The molecule has 0 unspecified atom stereocenters. The maximum absolute atomic E-state index is 12.7. The number of benzene rings is 2. The Balaban J connectivity index is 1.54. The molecule has 0 radical (unpaired) electrons. The van der Waals surface area contributed by atoms with Crippen molar-refractivity contribution in [3.8, 4) is 22.8 Å². The maximum atomic E-state index is 12.7. The van der Waals surface area contributed by atoms with Crippen molar-refractivity contribution in [2.45, 2.75) is 19.4 Å². The monoisotopic (exact) mass is 363 g/mol. The molecule has 0 spiro atoms. The first-order valence-electron chi connectivity index (χ1n) is 8.88. The average Bonchev–Trinajstić information content (AvgIpc) is 3.31. The van der Waals surface area contributed by atoms with Crippen molar-refractivity contribution in [2.24, 2.45) is 0 Å². The van der Waals surface area contributed by atoms with Crippen LogP contribution in [0.3, 0.4) is 0 Å². The van der Waals surface area contributed by atoms with E-state index < -0.39 is 0 Å². The molecule has 1 aromatic heterocycles. The van der Waals surface area contributed by atoms with E-state index in [2.05, 4.69) is 14.9 Å². The molecule has 2 heterocycles. The molecule has 0 aliphatic carbocycles. The summed E-state index contributed by atoms with van der Waals surface area (Å²) in [7, 11) is 3.07. The lowest BCUT2D eigenvalue weighted by Crippen LogP contribution is -2.13. The first-order valence-corrected chi connectivity index (χ1v) is 8.88. The lowest BCUT2D eigenvalue weighted by Gasteiger charge is -2.13. The highest BCUT2D eigenvalue weighted by molar-refractivity contribution is 6.06. The molecule has 0 saturated carbocycles. The molecule has 0 fully saturated rings. The van der Waals surface area contributed by atoms with Gasteiger partial charge in [-0.3, -0.25) is 4.79 Å². The third kappa shape index (κ3) is 3.14. The zero-order chi connectivity index (χ0) is 18.8. The average molecular weight is 363 g/mol. The van der Waals surface area contributed by atoms with Crippen LogP contribution >= 0.6 is 0 Å². The first kappa shape index (κ1) is 17.1. The number of carbonyl (C=O) groups is 1. The van der Waals surface area contributed by atoms with Crippen LogP contribution in [0.2, 0.25) is 0 Å². The number of para-hydroxylation sites is 1. The molecule has 4 rings (SSSR count). The van der Waals surface area contributed by atoms with Crippen LogP contribution in [0.5, 0.6) is 11.5 Å². The van der Waals surface area contributed by atoms with E-state index in [-0.39, 0.29) is 5.91 Å². The molecular weight excluding hydrogens is 342 g/mol. The van der Waals surface area contributed by atoms with Crippen molar-refractivity contribution < 1.29 is 14.3 Å². The third-order valence-corrected chi connectivity index (χ3v) is 4.81. The minimum absolute atomic E-state index is 0.247. The molecule has 6 heteroatoms. The molecule has 0 bridgehead atoms. The predicted octanol–water partition coefficient (Wildman–Crippen LogP) is 3.77. The van der Waals surface area contributed by atoms with Crippen LogP contribution in [0.1, 0.15) is 22.6 Å². The molecule has 1 aliphatic rings. The lowest BCUT2D eigenvalue weighted by atomic mass is 10.1. The maximum Gasteiger partial charge on any atom is 0.259 e. The van der Waals surface area contributed by atoms with Gasteiger partial charge < -0.3 is 19.4 Å². The molecule has 27 heavy (non-hydrogen) atoms. The number of aryl methyl sites for hydroxylation is 1. The Bertz CT molecular complexity index is 977. The largest absolute Gasteiger partial charge is 0.493 e. The molecule has 6 nitrogen and oxygen atoms in total. The van der Waals surface area contributed by atoms with Gasteiger partial charge in [0.25, 0.3) is 5.91 Å². The number of nitrogens with one attached hydrogen (secondary N) is 1. The topological polar surface area (TPSA) is 65.4 Å². The highest BCUT2D eigenvalue weighted by Crippen LogP contribution is 2.31. The van der Waals surface area contributed by atoms with Gasteiger partial charge in [0.2, 0.25) is 0 Å². The van der Waals surface area contributed by atoms with Crippen LogP contribution in [0.15, 0.2) is 48.7 Å². The minimum Gasteiger partial charge on any atom is -0.493 e. The lowest BCUT2D eigenvalue weighted by molar-refractivity contribution is 0.102. The second kappa shape index (κ2) is 7.15. The van der Waals surface area contributed by atoms with Gasteiger partial charge in [-0.1, -0.05) is 18.2 Å². The van der Waals surface area contributed by atoms with Crippen LogP contribution < -0.4 is 14.8 Å². The highest BCUT2D eigenvalue weighted by Gasteiger charge is 2.18. The van der Waals surface area contributed by atoms with Crippen molar-refractivity contribution in [2.75, 3.05) is 19.5 Å². The van der Waals surface area contributed by atoms with Crippen molar-refractivity contribution in [1.82, 2.24) is 9.55 Å². The number of carbonyl (C=O) groups excluding carboxylic acids is 1. The van der Waals surface area contributed by atoms with Gasteiger partial charge >= 0.3 is 0 Å². The standard InChI is InChI=1S/C21H21N3O3/c1-26-18-6-3-5-16(20(18)27-2)21(25)23-15-10-8-14(9-11-15)17-13-22-19-7-4-12-24(17)19/h3,5-6,8-11,13H,4,7,12H2,1-2H3,(H,23,25). The van der Waals surface area contributed by atoms with Crippen LogP contribution in [0.4, 0.5) is 5.69 Å². The Morgan fingerprint density at radius 2 is 1.93 bits per heavy atom. The van der Waals surface area contributed by atoms with Crippen LogP contribution in [0, 0.1) is 0 Å². The van der Waals surface area contributed by atoms with Crippen LogP contribution in [-0.2, 0) is 13.0 Å². The molecule has 2 aromatic carbocycles. The second-order valence-electron chi connectivity index (χ2n) is 6.39. The summed E-state index contributed by atoms with van der Waals surface area (Å²) in [5.41, 5.74) is 3.35. The Morgan fingerprint density at radius 3 is 2.67 bits per heavy atom. The van der Waals surface area contributed by atoms with Crippen molar-refractivity contribution in [3.05, 3.63) is 60.0 Å². The van der Waals surface area contributed by atoms with E-state index in [1.807, 2.05) is 30.5 Å². The van der Waals surface area contributed by atoms with Gasteiger partial charge in [-0.2, -0.15) is 0 Å². The quantitative estimate of drug-likeness (QED) is 0.749. The zero-order valence-corrected chi connectivity index (χ0v) is 15.4. The van der Waals surface area contributed by atoms with Gasteiger partial charge in [0.1, 0.15) is 5.82 Å². The van der Waals surface area contributed by atoms with Crippen molar-refractivity contribution >= 4 is 11.6 Å². The number of nitrogens with zero attached hydrogens (tertiary/aromatic N) is 2. The van der Waals surface area contributed by atoms with Gasteiger partial charge in [0.05, 0.1) is 31.7 Å². The Morgan fingerprint density at radius 1 is 1.11 bits per heavy atom. The molecule has 0 saturated heterocycles. The zero-order valence-electron chi connectivity index (χ0n) is 15.4. The van der Waals surface area contributed by atoms with E-state index in [1.165, 1.54) is 7.11 Å². The van der Waals surface area contributed by atoms with Gasteiger partial charge in [0, 0.05) is 18.7 Å². The number of aromatic nitrogens is 2. The second-order valence-corrected chi connectivity index (χ2v) is 6.39. The van der Waals surface area contributed by atoms with E-state index in [4.69, 9.17) is 9.47 Å². The number of methoxy groups -OCH3 is 2. The van der Waals surface area contributed by atoms with Crippen molar-refractivity contribution in [1.29, 1.82) is 0 Å². The first-order chi connectivity index (χ1) is 13.2. The Labute approximate surface area is 157 Å². The normalized spacial score (nSPS) is 12.5. The molecule has 0 atom stereocenters. The number of hydrogen-bond acceptors (Lipinski definition) is 4. The molecule has 1 amide bonds. The SMILES string of the molecule is COc1cccc(C(=O)Nc2ccc(-c3cnc4n3CCC4)cc2)c1OC. The summed E-state index contributed by atoms with van der Waals surface area (Å²) in [6, 6.07) is 13.0. The summed E-state index contributed by atoms with van der Waals surface area (Å²) in [4.78, 5) is 17.2. The summed E-state index contributed by atoms with van der Waals surface area (Å²) in [5.74, 6) is 1.84. The Hall–Kier alpha value is -3.28. The van der Waals surface area contributed by atoms with E-state index in [1.54, 1.807) is 25.3 Å². The molecule has 3 aromatic rings. The van der Waals surface area contributed by atoms with Crippen molar-refractivity contribution in [3.63, 3.8) is 0 Å². The van der Waals surface area contributed by atoms with Crippen LogP contribution in [-0.4, -0.2) is 29.7 Å². The predicted molar refractivity (Wildman–Crippen MR) is 103 cm³/mol. The van der Waals surface area contributed by atoms with E-state index in [0.29, 0.717) is 17.1 Å². The number of fused-ring (bicyclic) bond motifs is 1. The van der Waals surface area contributed by atoms with Gasteiger partial charge in [-0.25, -0.2) is 4.98 Å². The number of anilines is 1. The molecular formula is C21H21N3O3. The number of hydrogen-bond donors (Lipinski definition) is 1. The summed E-state index contributed by atoms with van der Waals surface area (Å²) in [5, 5.41) is 2.91. The number of ether oxygens (including phenoxy) is 2. The summed E-state index contributed by atoms with van der Waals surface area (Å²) < 4.78 is 12.9. The van der Waals surface area contributed by atoms with Gasteiger partial charge in [-0.15, -0.1) is 0 Å². The third-order valence-electron chi connectivity index (χ3n) is 4.81. The molecule has 138 valence electrons. The summed E-state index contributed by atoms with van der Waals surface area (Å²) >= 11 is 0. The van der Waals surface area contributed by atoms with E-state index >= 15 is 0 Å². The number of rotatable bonds is 5. The van der Waals surface area contributed by atoms with Gasteiger partial charge in [-0.05, 0) is 36.2 Å². The van der Waals surface area contributed by atoms with Crippen LogP contribution in [0.25, 0.3) is 11.3 Å². The molecule has 1 N–H and O–H groups in total. The summed E-state index contributed by atoms with van der Waals surface area (Å²) in [6.07, 6.45) is 4.10. The minimum atomic E-state index is -0.247. The van der Waals surface area contributed by atoms with E-state index in [0.717, 1.165) is 42.2 Å². The fourth-order valence-electron chi connectivity index (χ4n) is 3.48. The van der Waals surface area contributed by atoms with E-state index in [9.17, 15) is 4.79 Å². The summed E-state index contributed by atoms with van der Waals surface area (Å²) in [6.45, 7) is 1.01. The number of amides is 1. The fourth-order valence-corrected chi connectivity index (χ4v) is 3.48. The van der Waals surface area contributed by atoms with Gasteiger partial charge in [0.15, 0.2) is 11.5 Å². The fraction of sp³-hybridized carbons (Fsp3) is 0.238. The number of imidazole rings is 1. The smallest absolute Gasteiger partial charge is 0.259 e. The molecule has 1 aliphatic heterocycles. The highest BCUT2D eigenvalue weighted by atomic mass is 16.5. The Kier molecular flexibility index (Phi) is 4.54.